The monoisotopic (exact) mass is 204 g/mol. The quantitative estimate of drug-likeness (QED) is 0.689. The Morgan fingerprint density at radius 2 is 1.80 bits per heavy atom. The van der Waals surface area contributed by atoms with Crippen LogP contribution in [0, 0.1) is 0 Å². The van der Waals surface area contributed by atoms with Gasteiger partial charge in [-0.05, 0) is 43.2 Å². The van der Waals surface area contributed by atoms with Crippen molar-refractivity contribution in [2.24, 2.45) is 0 Å². The van der Waals surface area contributed by atoms with Gasteiger partial charge in [0.15, 0.2) is 0 Å². The summed E-state index contributed by atoms with van der Waals surface area (Å²) in [7, 11) is 0. The van der Waals surface area contributed by atoms with E-state index in [1.807, 2.05) is 6.07 Å². The molecule has 80 valence electrons. The van der Waals surface area contributed by atoms with Crippen LogP contribution >= 0.6 is 0 Å². The second-order valence-corrected chi connectivity index (χ2v) is 4.27. The molecule has 0 heterocycles. The van der Waals surface area contributed by atoms with Gasteiger partial charge in [-0.2, -0.15) is 0 Å². The molecule has 15 heavy (non-hydrogen) atoms. The lowest BCUT2D eigenvalue weighted by Crippen LogP contribution is -2.06. The van der Waals surface area contributed by atoms with Gasteiger partial charge in [0.25, 0.3) is 0 Å². The normalized spacial score (nSPS) is 18.0. The molecule has 0 unspecified atom stereocenters. The summed E-state index contributed by atoms with van der Waals surface area (Å²) in [5.74, 6) is 0.750. The van der Waals surface area contributed by atoms with Crippen molar-refractivity contribution in [2.45, 2.75) is 31.6 Å². The van der Waals surface area contributed by atoms with E-state index in [9.17, 15) is 10.2 Å². The molecule has 1 aromatic carbocycles. The van der Waals surface area contributed by atoms with Gasteiger partial charge < -0.3 is 10.2 Å². The summed E-state index contributed by atoms with van der Waals surface area (Å²) >= 11 is 0. The van der Waals surface area contributed by atoms with Gasteiger partial charge in [-0.1, -0.05) is 18.2 Å². The van der Waals surface area contributed by atoms with E-state index in [1.54, 1.807) is 6.07 Å². The number of phenolic OH excluding ortho intramolecular Hbond substituents is 2. The van der Waals surface area contributed by atoms with E-state index in [4.69, 9.17) is 0 Å². The predicted molar refractivity (Wildman–Crippen MR) is 60.1 cm³/mol. The maximum atomic E-state index is 9.73. The molecular formula is C13H16O2. The first kappa shape index (κ1) is 10.1. The van der Waals surface area contributed by atoms with Crippen LogP contribution in [-0.4, -0.2) is 10.2 Å². The standard InChI is InChI=1S/C13H16O2/c1-9-2-4-10(5-3-9)12-7-6-11(14)8-13(12)15/h6-8,10,14-15H,1-5H2. The summed E-state index contributed by atoms with van der Waals surface area (Å²) in [6.45, 7) is 3.98. The van der Waals surface area contributed by atoms with Crippen molar-refractivity contribution >= 4 is 0 Å². The fourth-order valence-electron chi connectivity index (χ4n) is 2.21. The van der Waals surface area contributed by atoms with E-state index in [-0.39, 0.29) is 11.5 Å². The summed E-state index contributed by atoms with van der Waals surface area (Å²) in [6, 6.07) is 4.88. The van der Waals surface area contributed by atoms with Crippen LogP contribution in [0.4, 0.5) is 0 Å². The van der Waals surface area contributed by atoms with Crippen LogP contribution in [0.25, 0.3) is 0 Å². The molecule has 0 aliphatic heterocycles. The summed E-state index contributed by atoms with van der Waals surface area (Å²) in [4.78, 5) is 0. The summed E-state index contributed by atoms with van der Waals surface area (Å²) in [5, 5.41) is 18.9. The first-order valence-electron chi connectivity index (χ1n) is 5.35. The van der Waals surface area contributed by atoms with E-state index < -0.39 is 0 Å². The van der Waals surface area contributed by atoms with Crippen LogP contribution in [0.3, 0.4) is 0 Å². The van der Waals surface area contributed by atoms with Gasteiger partial charge in [0.1, 0.15) is 11.5 Å². The zero-order chi connectivity index (χ0) is 10.8. The Hall–Kier alpha value is -1.44. The van der Waals surface area contributed by atoms with Crippen LogP contribution in [0.1, 0.15) is 37.2 Å². The molecule has 2 heteroatoms. The number of phenols is 2. The molecule has 1 saturated carbocycles. The Morgan fingerprint density at radius 1 is 1.13 bits per heavy atom. The van der Waals surface area contributed by atoms with E-state index >= 15 is 0 Å². The number of hydrogen-bond donors (Lipinski definition) is 2. The van der Waals surface area contributed by atoms with Crippen molar-refractivity contribution < 1.29 is 10.2 Å². The third-order valence-corrected chi connectivity index (χ3v) is 3.15. The van der Waals surface area contributed by atoms with Crippen molar-refractivity contribution in [2.75, 3.05) is 0 Å². The van der Waals surface area contributed by atoms with Gasteiger partial charge in [-0.25, -0.2) is 0 Å². The molecule has 1 aliphatic carbocycles. The van der Waals surface area contributed by atoms with Gasteiger partial charge in [0.2, 0.25) is 0 Å². The Balaban J connectivity index is 2.19. The topological polar surface area (TPSA) is 40.5 Å². The van der Waals surface area contributed by atoms with Crippen LogP contribution in [0.2, 0.25) is 0 Å². The molecule has 2 nitrogen and oxygen atoms in total. The molecule has 1 aliphatic rings. The third kappa shape index (κ3) is 2.14. The zero-order valence-electron chi connectivity index (χ0n) is 8.74. The largest absolute Gasteiger partial charge is 0.508 e. The molecule has 0 aromatic heterocycles. The molecular weight excluding hydrogens is 188 g/mol. The highest BCUT2D eigenvalue weighted by Crippen LogP contribution is 2.39. The van der Waals surface area contributed by atoms with Gasteiger partial charge in [0, 0.05) is 6.07 Å². The van der Waals surface area contributed by atoms with Crippen molar-refractivity contribution in [3.63, 3.8) is 0 Å². The number of rotatable bonds is 1. The second-order valence-electron chi connectivity index (χ2n) is 4.27. The highest BCUT2D eigenvalue weighted by molar-refractivity contribution is 5.41. The first-order valence-corrected chi connectivity index (χ1v) is 5.35. The van der Waals surface area contributed by atoms with Crippen LogP contribution in [-0.2, 0) is 0 Å². The van der Waals surface area contributed by atoms with Crippen LogP contribution < -0.4 is 0 Å². The molecule has 0 amide bonds. The fraction of sp³-hybridized carbons (Fsp3) is 0.385. The predicted octanol–water partition coefficient (Wildman–Crippen LogP) is 3.31. The number of hydrogen-bond acceptors (Lipinski definition) is 2. The SMILES string of the molecule is C=C1CCC(c2ccc(O)cc2O)CC1. The minimum Gasteiger partial charge on any atom is -0.508 e. The molecule has 0 spiro atoms. The van der Waals surface area contributed by atoms with Crippen molar-refractivity contribution in [1.29, 1.82) is 0 Å². The summed E-state index contributed by atoms with van der Waals surface area (Å²) in [5.41, 5.74) is 2.27. The van der Waals surface area contributed by atoms with Gasteiger partial charge in [-0.15, -0.1) is 0 Å². The molecule has 0 saturated heterocycles. The lowest BCUT2D eigenvalue weighted by atomic mass is 9.82. The second kappa shape index (κ2) is 3.97. The Kier molecular flexibility index (Phi) is 2.67. The zero-order valence-corrected chi connectivity index (χ0v) is 8.74. The van der Waals surface area contributed by atoms with E-state index in [0.717, 1.165) is 31.2 Å². The van der Waals surface area contributed by atoms with Crippen LogP contribution in [0.5, 0.6) is 11.5 Å². The summed E-state index contributed by atoms with van der Waals surface area (Å²) < 4.78 is 0. The number of aromatic hydroxyl groups is 2. The molecule has 1 fully saturated rings. The van der Waals surface area contributed by atoms with Crippen molar-refractivity contribution in [3.8, 4) is 11.5 Å². The highest BCUT2D eigenvalue weighted by atomic mass is 16.3. The third-order valence-electron chi connectivity index (χ3n) is 3.15. The van der Waals surface area contributed by atoms with E-state index in [1.165, 1.54) is 11.6 Å². The van der Waals surface area contributed by atoms with E-state index in [0.29, 0.717) is 5.92 Å². The minimum absolute atomic E-state index is 0.122. The Labute approximate surface area is 89.9 Å². The fourth-order valence-corrected chi connectivity index (χ4v) is 2.21. The van der Waals surface area contributed by atoms with Crippen LogP contribution in [0.15, 0.2) is 30.4 Å². The number of allylic oxidation sites excluding steroid dienone is 1. The Morgan fingerprint density at radius 3 is 2.40 bits per heavy atom. The minimum atomic E-state index is 0.122. The molecule has 2 N–H and O–H groups in total. The average Bonchev–Trinajstić information content (AvgIpc) is 2.20. The summed E-state index contributed by atoms with van der Waals surface area (Å²) in [6.07, 6.45) is 4.20. The Bertz CT molecular complexity index is 372. The average molecular weight is 204 g/mol. The van der Waals surface area contributed by atoms with Gasteiger partial charge >= 0.3 is 0 Å². The van der Waals surface area contributed by atoms with Gasteiger partial charge in [0.05, 0.1) is 0 Å². The lowest BCUT2D eigenvalue weighted by Gasteiger charge is -2.24. The smallest absolute Gasteiger partial charge is 0.122 e. The molecule has 1 aromatic rings. The molecule has 2 rings (SSSR count). The van der Waals surface area contributed by atoms with Crippen molar-refractivity contribution in [1.82, 2.24) is 0 Å². The van der Waals surface area contributed by atoms with Gasteiger partial charge in [-0.3, -0.25) is 0 Å². The van der Waals surface area contributed by atoms with E-state index in [2.05, 4.69) is 6.58 Å². The maximum absolute atomic E-state index is 9.73. The highest BCUT2D eigenvalue weighted by Gasteiger charge is 2.19. The van der Waals surface area contributed by atoms with Crippen molar-refractivity contribution in [3.05, 3.63) is 35.9 Å². The number of benzene rings is 1. The molecule has 0 atom stereocenters. The molecule has 0 radical (unpaired) electrons. The molecule has 0 bridgehead atoms. The maximum Gasteiger partial charge on any atom is 0.122 e. The first-order chi connectivity index (χ1) is 7.16. The lowest BCUT2D eigenvalue weighted by molar-refractivity contribution is 0.430.